The summed E-state index contributed by atoms with van der Waals surface area (Å²) in [5.74, 6) is -0.595. The highest BCUT2D eigenvalue weighted by atomic mass is 16.6. The van der Waals surface area contributed by atoms with Crippen molar-refractivity contribution in [2.24, 2.45) is 11.7 Å². The van der Waals surface area contributed by atoms with Crippen LogP contribution in [0.5, 0.6) is 0 Å². The van der Waals surface area contributed by atoms with Gasteiger partial charge in [-0.15, -0.1) is 0 Å². The monoisotopic (exact) mass is 248 g/mol. The van der Waals surface area contributed by atoms with Crippen LogP contribution in [-0.4, -0.2) is 30.0 Å². The molecule has 5 nitrogen and oxygen atoms in total. The van der Waals surface area contributed by atoms with Crippen molar-refractivity contribution in [3.63, 3.8) is 0 Å². The normalized spacial score (nSPS) is 18.7. The first-order chi connectivity index (χ1) is 8.66. The second-order valence-corrected chi connectivity index (χ2v) is 4.37. The van der Waals surface area contributed by atoms with Gasteiger partial charge < -0.3 is 15.4 Å². The molecule has 0 aliphatic carbocycles. The van der Waals surface area contributed by atoms with E-state index < -0.39 is 0 Å². The van der Waals surface area contributed by atoms with Gasteiger partial charge in [0.25, 0.3) is 0 Å². The van der Waals surface area contributed by atoms with Gasteiger partial charge in [0.2, 0.25) is 5.91 Å². The molecule has 18 heavy (non-hydrogen) atoms. The third-order valence-corrected chi connectivity index (χ3v) is 3.05. The van der Waals surface area contributed by atoms with Crippen molar-refractivity contribution in [1.29, 1.82) is 0 Å². The first-order valence-electron chi connectivity index (χ1n) is 5.92. The molecule has 0 saturated carbocycles. The Morgan fingerprint density at radius 2 is 2.06 bits per heavy atom. The lowest BCUT2D eigenvalue weighted by Gasteiger charge is -2.15. The van der Waals surface area contributed by atoms with E-state index in [1.807, 2.05) is 30.3 Å². The largest absolute Gasteiger partial charge is 0.445 e. The zero-order chi connectivity index (χ0) is 13.0. The van der Waals surface area contributed by atoms with E-state index in [0.29, 0.717) is 19.5 Å². The highest BCUT2D eigenvalue weighted by Gasteiger charge is 2.30. The Labute approximate surface area is 106 Å². The highest BCUT2D eigenvalue weighted by Crippen LogP contribution is 2.16. The number of benzene rings is 1. The Hall–Kier alpha value is -2.04. The van der Waals surface area contributed by atoms with E-state index in [2.05, 4.69) is 0 Å². The molecule has 0 bridgehead atoms. The molecule has 2 rings (SSSR count). The smallest absolute Gasteiger partial charge is 0.410 e. The summed E-state index contributed by atoms with van der Waals surface area (Å²) in [5.41, 5.74) is 6.15. The summed E-state index contributed by atoms with van der Waals surface area (Å²) in [5, 5.41) is 0. The van der Waals surface area contributed by atoms with Gasteiger partial charge in [-0.25, -0.2) is 4.79 Å². The minimum Gasteiger partial charge on any atom is -0.445 e. The Bertz CT molecular complexity index is 433. The van der Waals surface area contributed by atoms with Crippen molar-refractivity contribution < 1.29 is 14.3 Å². The number of hydrogen-bond donors (Lipinski definition) is 1. The summed E-state index contributed by atoms with van der Waals surface area (Å²) in [6.07, 6.45) is 0.234. The maximum Gasteiger partial charge on any atom is 0.410 e. The van der Waals surface area contributed by atoms with Gasteiger partial charge in [0, 0.05) is 13.1 Å². The predicted molar refractivity (Wildman–Crippen MR) is 65.5 cm³/mol. The van der Waals surface area contributed by atoms with Crippen molar-refractivity contribution in [2.45, 2.75) is 13.0 Å². The van der Waals surface area contributed by atoms with Crippen LogP contribution in [0.15, 0.2) is 30.3 Å². The first kappa shape index (κ1) is 12.4. The van der Waals surface area contributed by atoms with Crippen LogP contribution in [0.1, 0.15) is 12.0 Å². The number of carbonyl (C=O) groups excluding carboxylic acids is 2. The molecule has 1 aliphatic heterocycles. The quantitative estimate of drug-likeness (QED) is 0.871. The third-order valence-electron chi connectivity index (χ3n) is 3.05. The SMILES string of the molecule is NC(=O)[C@H]1CCN(C(=O)OCc2ccccc2)C1. The van der Waals surface area contributed by atoms with Crippen LogP contribution in [0.4, 0.5) is 4.79 Å². The van der Waals surface area contributed by atoms with Gasteiger partial charge in [-0.1, -0.05) is 30.3 Å². The van der Waals surface area contributed by atoms with Gasteiger partial charge in [-0.05, 0) is 12.0 Å². The van der Waals surface area contributed by atoms with E-state index in [-0.39, 0.29) is 24.5 Å². The molecule has 0 spiro atoms. The van der Waals surface area contributed by atoms with Crippen molar-refractivity contribution in [1.82, 2.24) is 4.90 Å². The molecule has 2 amide bonds. The van der Waals surface area contributed by atoms with Gasteiger partial charge in [0.15, 0.2) is 0 Å². The second kappa shape index (κ2) is 5.53. The number of primary amides is 1. The van der Waals surface area contributed by atoms with Gasteiger partial charge in [0.1, 0.15) is 6.61 Å². The maximum absolute atomic E-state index is 11.7. The summed E-state index contributed by atoms with van der Waals surface area (Å²) in [4.78, 5) is 24.3. The zero-order valence-corrected chi connectivity index (χ0v) is 10.0. The van der Waals surface area contributed by atoms with Crippen molar-refractivity contribution in [2.75, 3.05) is 13.1 Å². The van der Waals surface area contributed by atoms with E-state index in [0.717, 1.165) is 5.56 Å². The number of nitrogens with two attached hydrogens (primary N) is 1. The van der Waals surface area contributed by atoms with Crippen LogP contribution in [0.3, 0.4) is 0 Å². The number of likely N-dealkylation sites (tertiary alicyclic amines) is 1. The average molecular weight is 248 g/mol. The van der Waals surface area contributed by atoms with Crippen LogP contribution >= 0.6 is 0 Å². The molecule has 0 unspecified atom stereocenters. The Morgan fingerprint density at radius 3 is 2.67 bits per heavy atom. The van der Waals surface area contributed by atoms with Gasteiger partial charge in [0.05, 0.1) is 5.92 Å². The molecule has 1 atom stereocenters. The summed E-state index contributed by atoms with van der Waals surface area (Å²) < 4.78 is 5.17. The molecule has 0 radical (unpaired) electrons. The topological polar surface area (TPSA) is 72.6 Å². The van der Waals surface area contributed by atoms with Gasteiger partial charge in [-0.2, -0.15) is 0 Å². The van der Waals surface area contributed by atoms with E-state index in [1.54, 1.807) is 0 Å². The lowest BCUT2D eigenvalue weighted by Crippen LogP contribution is -2.32. The van der Waals surface area contributed by atoms with Crippen LogP contribution < -0.4 is 5.73 Å². The molecule has 1 fully saturated rings. The van der Waals surface area contributed by atoms with E-state index in [9.17, 15) is 9.59 Å². The molecule has 1 aromatic carbocycles. The molecule has 1 heterocycles. The molecule has 0 aromatic heterocycles. The molecule has 1 saturated heterocycles. The molecule has 1 aromatic rings. The van der Waals surface area contributed by atoms with E-state index >= 15 is 0 Å². The van der Waals surface area contributed by atoms with E-state index in [1.165, 1.54) is 4.90 Å². The van der Waals surface area contributed by atoms with E-state index in [4.69, 9.17) is 10.5 Å². The molecular formula is C13H16N2O3. The van der Waals surface area contributed by atoms with Crippen LogP contribution in [0.2, 0.25) is 0 Å². The summed E-state index contributed by atoms with van der Waals surface area (Å²) in [6, 6.07) is 9.47. The lowest BCUT2D eigenvalue weighted by molar-refractivity contribution is -0.121. The minimum absolute atomic E-state index is 0.241. The Balaban J connectivity index is 1.81. The highest BCUT2D eigenvalue weighted by molar-refractivity contribution is 5.78. The van der Waals surface area contributed by atoms with Crippen LogP contribution in [0.25, 0.3) is 0 Å². The average Bonchev–Trinajstić information content (AvgIpc) is 2.87. The fourth-order valence-electron chi connectivity index (χ4n) is 1.97. The summed E-state index contributed by atoms with van der Waals surface area (Å²) >= 11 is 0. The zero-order valence-electron chi connectivity index (χ0n) is 10.0. The lowest BCUT2D eigenvalue weighted by atomic mass is 10.1. The number of ether oxygens (including phenoxy) is 1. The van der Waals surface area contributed by atoms with Crippen molar-refractivity contribution in [3.8, 4) is 0 Å². The molecule has 1 aliphatic rings. The minimum atomic E-state index is -0.386. The van der Waals surface area contributed by atoms with Gasteiger partial charge in [-0.3, -0.25) is 4.79 Å². The number of nitrogens with zero attached hydrogens (tertiary/aromatic N) is 1. The molecule has 2 N–H and O–H groups in total. The van der Waals surface area contributed by atoms with Crippen molar-refractivity contribution >= 4 is 12.0 Å². The van der Waals surface area contributed by atoms with Crippen LogP contribution in [-0.2, 0) is 16.1 Å². The second-order valence-electron chi connectivity index (χ2n) is 4.37. The molecular weight excluding hydrogens is 232 g/mol. The number of amides is 2. The standard InChI is InChI=1S/C13H16N2O3/c14-12(16)11-6-7-15(8-11)13(17)18-9-10-4-2-1-3-5-10/h1-5,11H,6-9H2,(H2,14,16)/t11-/m0/s1. The molecule has 96 valence electrons. The first-order valence-corrected chi connectivity index (χ1v) is 5.92. The van der Waals surface area contributed by atoms with Gasteiger partial charge >= 0.3 is 6.09 Å². The number of rotatable bonds is 3. The third kappa shape index (κ3) is 3.00. The fourth-order valence-corrected chi connectivity index (χ4v) is 1.97. The van der Waals surface area contributed by atoms with Crippen molar-refractivity contribution in [3.05, 3.63) is 35.9 Å². The Morgan fingerprint density at radius 1 is 1.33 bits per heavy atom. The molecule has 5 heteroatoms. The fraction of sp³-hybridized carbons (Fsp3) is 0.385. The predicted octanol–water partition coefficient (Wildman–Crippen LogP) is 1.13. The number of hydrogen-bond acceptors (Lipinski definition) is 3. The summed E-state index contributed by atoms with van der Waals surface area (Å²) in [6.45, 7) is 1.14. The maximum atomic E-state index is 11.7. The van der Waals surface area contributed by atoms with Crippen LogP contribution in [0, 0.1) is 5.92 Å². The Kier molecular flexibility index (Phi) is 3.82. The summed E-state index contributed by atoms with van der Waals surface area (Å²) in [7, 11) is 0. The number of carbonyl (C=O) groups is 2.